The van der Waals surface area contributed by atoms with Gasteiger partial charge in [0.2, 0.25) is 0 Å². The van der Waals surface area contributed by atoms with Gasteiger partial charge in [-0.2, -0.15) is 0 Å². The molecule has 0 aromatic carbocycles. The predicted molar refractivity (Wildman–Crippen MR) is 50.3 cm³/mol. The Labute approximate surface area is 79.7 Å². The summed E-state index contributed by atoms with van der Waals surface area (Å²) in [5.74, 6) is -0.192. The zero-order chi connectivity index (χ0) is 10.7. The fourth-order valence-corrected chi connectivity index (χ4v) is 1.82. The van der Waals surface area contributed by atoms with Crippen LogP contribution in [0.15, 0.2) is 0 Å². The molecule has 1 aliphatic heterocycles. The lowest BCUT2D eigenvalue weighted by molar-refractivity contribution is -0.182. The van der Waals surface area contributed by atoms with Crippen LogP contribution in [-0.2, 0) is 4.79 Å². The molecule has 1 heterocycles. The highest BCUT2D eigenvalue weighted by Gasteiger charge is 2.63. The summed E-state index contributed by atoms with van der Waals surface area (Å²) in [7, 11) is 0. The van der Waals surface area contributed by atoms with E-state index in [1.807, 2.05) is 41.5 Å². The van der Waals surface area contributed by atoms with Crippen LogP contribution >= 0.6 is 0 Å². The van der Waals surface area contributed by atoms with Gasteiger partial charge in [-0.3, -0.25) is 10.0 Å². The molecule has 1 N–H and O–H groups in total. The van der Waals surface area contributed by atoms with Crippen molar-refractivity contribution in [2.45, 2.75) is 47.1 Å². The second-order valence-electron chi connectivity index (χ2n) is 5.43. The largest absolute Gasteiger partial charge is 0.285 e. The highest BCUT2D eigenvalue weighted by atomic mass is 16.5. The van der Waals surface area contributed by atoms with E-state index in [1.165, 1.54) is 0 Å². The van der Waals surface area contributed by atoms with Crippen LogP contribution in [0, 0.1) is 10.8 Å². The van der Waals surface area contributed by atoms with Gasteiger partial charge in [0.15, 0.2) is 0 Å². The summed E-state index contributed by atoms with van der Waals surface area (Å²) >= 11 is 0. The van der Waals surface area contributed by atoms with E-state index in [0.29, 0.717) is 0 Å². The van der Waals surface area contributed by atoms with Crippen molar-refractivity contribution in [1.29, 1.82) is 0 Å². The van der Waals surface area contributed by atoms with Crippen LogP contribution in [0.25, 0.3) is 0 Å². The first-order valence-corrected chi connectivity index (χ1v) is 4.60. The molecule has 1 rings (SSSR count). The number of nitrogens with zero attached hydrogens (tertiary/aromatic N) is 1. The Kier molecular flexibility index (Phi) is 1.83. The Morgan fingerprint density at radius 3 is 1.54 bits per heavy atom. The lowest BCUT2D eigenvalue weighted by Gasteiger charge is -2.41. The molecule has 0 bridgehead atoms. The summed E-state index contributed by atoms with van der Waals surface area (Å²) in [6.45, 7) is 11.6. The van der Waals surface area contributed by atoms with Crippen LogP contribution in [0.4, 0.5) is 0 Å². The third-order valence-corrected chi connectivity index (χ3v) is 4.35. The standard InChI is InChI=1S/C10H19NO2/c1-8(2)7(12)11(13)10(5,6)9(8,3)4/h13H,1-6H3. The van der Waals surface area contributed by atoms with E-state index < -0.39 is 11.0 Å². The Bertz CT molecular complexity index is 254. The van der Waals surface area contributed by atoms with E-state index in [-0.39, 0.29) is 11.3 Å². The van der Waals surface area contributed by atoms with Crippen molar-refractivity contribution in [3.05, 3.63) is 0 Å². The van der Waals surface area contributed by atoms with Crippen molar-refractivity contribution < 1.29 is 10.0 Å². The molecule has 76 valence electrons. The summed E-state index contributed by atoms with van der Waals surface area (Å²) in [4.78, 5) is 11.7. The van der Waals surface area contributed by atoms with Crippen LogP contribution in [0.2, 0.25) is 0 Å². The first-order valence-electron chi connectivity index (χ1n) is 4.60. The number of rotatable bonds is 0. The SMILES string of the molecule is CC1(C)C(=O)N(O)C(C)(C)C1(C)C. The van der Waals surface area contributed by atoms with Crippen LogP contribution in [0.3, 0.4) is 0 Å². The molecule has 0 atom stereocenters. The molecule has 0 unspecified atom stereocenters. The molecule has 0 aliphatic carbocycles. The Balaban J connectivity index is 3.31. The van der Waals surface area contributed by atoms with Gasteiger partial charge in [0.25, 0.3) is 5.91 Å². The molecular formula is C10H19NO2. The van der Waals surface area contributed by atoms with Crippen molar-refractivity contribution in [2.75, 3.05) is 0 Å². The van der Waals surface area contributed by atoms with E-state index in [2.05, 4.69) is 0 Å². The van der Waals surface area contributed by atoms with Gasteiger partial charge in [-0.25, -0.2) is 5.06 Å². The normalized spacial score (nSPS) is 29.5. The minimum Gasteiger partial charge on any atom is -0.285 e. The Morgan fingerprint density at radius 1 is 1.08 bits per heavy atom. The summed E-state index contributed by atoms with van der Waals surface area (Å²) in [6.07, 6.45) is 0. The fourth-order valence-electron chi connectivity index (χ4n) is 1.82. The number of carbonyl (C=O) groups is 1. The van der Waals surface area contributed by atoms with Crippen LogP contribution < -0.4 is 0 Å². The number of hydrogen-bond acceptors (Lipinski definition) is 2. The summed E-state index contributed by atoms with van der Waals surface area (Å²) in [6, 6.07) is 0. The fraction of sp³-hybridized carbons (Fsp3) is 0.900. The van der Waals surface area contributed by atoms with Gasteiger partial charge in [0.1, 0.15) is 0 Å². The number of amides is 1. The highest BCUT2D eigenvalue weighted by molar-refractivity contribution is 5.85. The van der Waals surface area contributed by atoms with Gasteiger partial charge >= 0.3 is 0 Å². The molecule has 0 spiro atoms. The Hall–Kier alpha value is -0.570. The number of hydrogen-bond donors (Lipinski definition) is 1. The topological polar surface area (TPSA) is 40.5 Å². The highest BCUT2D eigenvalue weighted by Crippen LogP contribution is 2.55. The quantitative estimate of drug-likeness (QED) is 0.587. The molecule has 0 saturated carbocycles. The molecule has 1 amide bonds. The van der Waals surface area contributed by atoms with E-state index in [0.717, 1.165) is 5.06 Å². The molecule has 1 aliphatic rings. The molecule has 0 radical (unpaired) electrons. The van der Waals surface area contributed by atoms with Gasteiger partial charge in [0, 0.05) is 5.41 Å². The molecule has 3 heteroatoms. The second-order valence-corrected chi connectivity index (χ2v) is 5.43. The smallest absolute Gasteiger partial charge is 0.252 e. The van der Waals surface area contributed by atoms with Crippen molar-refractivity contribution in [2.24, 2.45) is 10.8 Å². The first kappa shape index (κ1) is 10.5. The molecule has 1 saturated heterocycles. The maximum Gasteiger partial charge on any atom is 0.252 e. The van der Waals surface area contributed by atoms with Crippen molar-refractivity contribution in [1.82, 2.24) is 5.06 Å². The lowest BCUT2D eigenvalue weighted by Crippen LogP contribution is -2.47. The maximum absolute atomic E-state index is 11.7. The molecule has 13 heavy (non-hydrogen) atoms. The predicted octanol–water partition coefficient (Wildman–Crippen LogP) is 2.05. The van der Waals surface area contributed by atoms with E-state index in [9.17, 15) is 10.0 Å². The van der Waals surface area contributed by atoms with Gasteiger partial charge in [-0.1, -0.05) is 27.7 Å². The zero-order valence-corrected chi connectivity index (χ0v) is 9.30. The van der Waals surface area contributed by atoms with Crippen LogP contribution in [-0.4, -0.2) is 21.7 Å². The molecule has 1 fully saturated rings. The number of carbonyl (C=O) groups excluding carboxylic acids is 1. The zero-order valence-electron chi connectivity index (χ0n) is 9.30. The molecular weight excluding hydrogens is 166 g/mol. The molecule has 0 aromatic rings. The third kappa shape index (κ3) is 0.909. The van der Waals surface area contributed by atoms with Crippen molar-refractivity contribution in [3.63, 3.8) is 0 Å². The lowest BCUT2D eigenvalue weighted by atomic mass is 9.62. The summed E-state index contributed by atoms with van der Waals surface area (Å²) < 4.78 is 0. The summed E-state index contributed by atoms with van der Waals surface area (Å²) in [5, 5.41) is 10.6. The van der Waals surface area contributed by atoms with E-state index >= 15 is 0 Å². The molecule has 3 nitrogen and oxygen atoms in total. The van der Waals surface area contributed by atoms with Gasteiger partial charge < -0.3 is 0 Å². The third-order valence-electron chi connectivity index (χ3n) is 4.35. The average molecular weight is 185 g/mol. The maximum atomic E-state index is 11.7. The number of hydroxylamine groups is 2. The summed E-state index contributed by atoms with van der Waals surface area (Å²) in [5.41, 5.74) is -1.26. The van der Waals surface area contributed by atoms with Crippen LogP contribution in [0.1, 0.15) is 41.5 Å². The monoisotopic (exact) mass is 185 g/mol. The van der Waals surface area contributed by atoms with E-state index in [1.54, 1.807) is 0 Å². The Morgan fingerprint density at radius 2 is 1.46 bits per heavy atom. The average Bonchev–Trinajstić information content (AvgIpc) is 2.05. The van der Waals surface area contributed by atoms with Gasteiger partial charge in [0.05, 0.1) is 11.0 Å². The van der Waals surface area contributed by atoms with Crippen molar-refractivity contribution in [3.8, 4) is 0 Å². The minimum atomic E-state index is -0.509. The minimum absolute atomic E-state index is 0.192. The first-order chi connectivity index (χ1) is 5.57. The van der Waals surface area contributed by atoms with Gasteiger partial charge in [-0.05, 0) is 13.8 Å². The van der Waals surface area contributed by atoms with Gasteiger partial charge in [-0.15, -0.1) is 0 Å². The van der Waals surface area contributed by atoms with Crippen molar-refractivity contribution >= 4 is 5.91 Å². The molecule has 0 aromatic heterocycles. The van der Waals surface area contributed by atoms with E-state index in [4.69, 9.17) is 0 Å². The van der Waals surface area contributed by atoms with Crippen LogP contribution in [0.5, 0.6) is 0 Å². The second kappa shape index (κ2) is 2.27.